The van der Waals surface area contributed by atoms with Crippen LogP contribution in [0.2, 0.25) is 0 Å². The molecular weight excluding hydrogens is 454 g/mol. The minimum absolute atomic E-state index is 0.0150. The number of aliphatic hydroxyl groups excluding tert-OH is 1. The first kappa shape index (κ1) is 23.4. The van der Waals surface area contributed by atoms with Gasteiger partial charge in [-0.05, 0) is 85.8 Å². The van der Waals surface area contributed by atoms with Gasteiger partial charge in [0.15, 0.2) is 0 Å². The second-order valence-electron chi connectivity index (χ2n) is 9.26. The molecule has 1 unspecified atom stereocenters. The van der Waals surface area contributed by atoms with Crippen LogP contribution in [0.25, 0.3) is 16.8 Å². The van der Waals surface area contributed by atoms with Crippen molar-refractivity contribution in [3.8, 4) is 5.75 Å². The lowest BCUT2D eigenvalue weighted by Crippen LogP contribution is -2.30. The van der Waals surface area contributed by atoms with E-state index in [0.29, 0.717) is 22.4 Å². The maximum Gasteiger partial charge on any atom is 0.302 e. The highest BCUT2D eigenvalue weighted by Crippen LogP contribution is 2.42. The molecule has 1 aromatic heterocycles. The summed E-state index contributed by atoms with van der Waals surface area (Å²) in [6.07, 6.45) is 0. The van der Waals surface area contributed by atoms with Crippen molar-refractivity contribution in [1.82, 2.24) is 9.97 Å². The lowest BCUT2D eigenvalue weighted by molar-refractivity contribution is -0.132. The van der Waals surface area contributed by atoms with Crippen LogP contribution >= 0.6 is 0 Å². The number of nitrogens with zero attached hydrogens (tertiary/aromatic N) is 2. The van der Waals surface area contributed by atoms with E-state index < -0.39 is 17.7 Å². The molecule has 5 rings (SSSR count). The molecule has 1 saturated heterocycles. The number of ketones is 1. The van der Waals surface area contributed by atoms with Crippen molar-refractivity contribution >= 4 is 34.4 Å². The number of hydrogen-bond acceptors (Lipinski definition) is 5. The topological polar surface area (TPSA) is 95.5 Å². The van der Waals surface area contributed by atoms with E-state index in [1.165, 1.54) is 4.90 Å². The molecule has 1 atom stereocenters. The number of Topliss-reactive ketones (excluding diaryl/α,β-unsaturated/α-hetero) is 1. The Hall–Kier alpha value is -4.39. The first-order valence-corrected chi connectivity index (χ1v) is 11.7. The van der Waals surface area contributed by atoms with Crippen molar-refractivity contribution in [3.63, 3.8) is 0 Å². The van der Waals surface area contributed by atoms with Crippen LogP contribution in [0.4, 0.5) is 5.95 Å². The molecule has 1 fully saturated rings. The monoisotopic (exact) mass is 481 g/mol. The number of ether oxygens (including phenoxy) is 1. The molecule has 1 amide bonds. The van der Waals surface area contributed by atoms with E-state index in [2.05, 4.69) is 9.97 Å². The number of aryl methyl sites for hydroxylation is 4. The fourth-order valence-corrected chi connectivity index (χ4v) is 4.57. The number of aromatic nitrogens is 2. The summed E-state index contributed by atoms with van der Waals surface area (Å²) < 4.78 is 5.29. The van der Waals surface area contributed by atoms with Crippen LogP contribution in [-0.4, -0.2) is 33.9 Å². The van der Waals surface area contributed by atoms with Crippen molar-refractivity contribution in [1.29, 1.82) is 0 Å². The fraction of sp³-hybridized carbons (Fsp3) is 0.207. The Morgan fingerprint density at radius 2 is 1.58 bits per heavy atom. The molecule has 7 heteroatoms. The summed E-state index contributed by atoms with van der Waals surface area (Å²) in [6, 6.07) is 15.6. The third-order valence-electron chi connectivity index (χ3n) is 6.97. The van der Waals surface area contributed by atoms with Crippen molar-refractivity contribution in [2.75, 3.05) is 12.0 Å². The van der Waals surface area contributed by atoms with Gasteiger partial charge in [0.2, 0.25) is 5.95 Å². The Kier molecular flexibility index (Phi) is 5.63. The molecule has 3 aromatic carbocycles. The number of amides is 1. The Morgan fingerprint density at radius 1 is 0.917 bits per heavy atom. The Balaban J connectivity index is 1.73. The maximum atomic E-state index is 13.4. The molecule has 2 N–H and O–H groups in total. The molecule has 36 heavy (non-hydrogen) atoms. The highest BCUT2D eigenvalue weighted by molar-refractivity contribution is 6.51. The Bertz CT molecular complexity index is 1520. The van der Waals surface area contributed by atoms with Crippen LogP contribution in [0.3, 0.4) is 0 Å². The van der Waals surface area contributed by atoms with Crippen LogP contribution in [-0.2, 0) is 9.59 Å². The average Bonchev–Trinajstić information content (AvgIpc) is 3.38. The number of carbonyl (C=O) groups is 2. The van der Waals surface area contributed by atoms with Crippen LogP contribution in [0.5, 0.6) is 5.75 Å². The van der Waals surface area contributed by atoms with Gasteiger partial charge in [0.25, 0.3) is 5.78 Å². The molecule has 0 aliphatic carbocycles. The minimum Gasteiger partial charge on any atom is -0.507 e. The van der Waals surface area contributed by atoms with Gasteiger partial charge in [0.1, 0.15) is 11.5 Å². The average molecular weight is 482 g/mol. The summed E-state index contributed by atoms with van der Waals surface area (Å²) in [5.41, 5.74) is 6.78. The van der Waals surface area contributed by atoms with Crippen LogP contribution in [0.15, 0.2) is 60.2 Å². The van der Waals surface area contributed by atoms with Gasteiger partial charge in [-0.1, -0.05) is 24.3 Å². The minimum atomic E-state index is -0.875. The number of carbonyl (C=O) groups excluding carboxylic acids is 2. The standard InChI is InChI=1S/C29H27N3O4/c1-15-6-7-20(12-16(15)2)26(33)24-25(19-8-10-21(36-5)11-9-19)32(28(35)27(24)34)29-30-22-13-17(3)18(4)14-23(22)31-29/h6-14,25,33H,1-5H3,(H,30,31)/b26-24+. The summed E-state index contributed by atoms with van der Waals surface area (Å²) >= 11 is 0. The number of aromatic amines is 1. The third kappa shape index (κ3) is 3.73. The highest BCUT2D eigenvalue weighted by atomic mass is 16.5. The molecule has 182 valence electrons. The number of H-pyrrole nitrogens is 1. The molecular formula is C29H27N3O4. The maximum absolute atomic E-state index is 13.4. The van der Waals surface area contributed by atoms with E-state index in [1.54, 1.807) is 37.4 Å². The van der Waals surface area contributed by atoms with Crippen molar-refractivity contribution in [2.45, 2.75) is 33.7 Å². The van der Waals surface area contributed by atoms with Gasteiger partial charge in [-0.15, -0.1) is 0 Å². The van der Waals surface area contributed by atoms with E-state index >= 15 is 0 Å². The van der Waals surface area contributed by atoms with Gasteiger partial charge < -0.3 is 14.8 Å². The third-order valence-corrected chi connectivity index (χ3v) is 6.97. The number of aliphatic hydroxyl groups is 1. The predicted octanol–water partition coefficient (Wildman–Crippen LogP) is 5.43. The number of fused-ring (bicyclic) bond motifs is 1. The van der Waals surface area contributed by atoms with Gasteiger partial charge in [-0.3, -0.25) is 14.5 Å². The number of hydrogen-bond donors (Lipinski definition) is 2. The zero-order valence-electron chi connectivity index (χ0n) is 20.8. The number of anilines is 1. The second kappa shape index (κ2) is 8.68. The van der Waals surface area contributed by atoms with E-state index in [-0.39, 0.29) is 17.3 Å². The molecule has 0 spiro atoms. The van der Waals surface area contributed by atoms with Gasteiger partial charge in [0.05, 0.1) is 29.8 Å². The Labute approximate surface area is 209 Å². The molecule has 2 heterocycles. The lowest BCUT2D eigenvalue weighted by Gasteiger charge is -2.23. The number of imidazole rings is 1. The fourth-order valence-electron chi connectivity index (χ4n) is 4.57. The summed E-state index contributed by atoms with van der Waals surface area (Å²) in [6.45, 7) is 7.91. The zero-order valence-corrected chi connectivity index (χ0v) is 20.8. The predicted molar refractivity (Wildman–Crippen MR) is 139 cm³/mol. The smallest absolute Gasteiger partial charge is 0.302 e. The number of methoxy groups -OCH3 is 1. The van der Waals surface area contributed by atoms with E-state index in [0.717, 1.165) is 27.8 Å². The summed E-state index contributed by atoms with van der Waals surface area (Å²) in [5, 5.41) is 11.4. The number of nitrogens with one attached hydrogen (secondary N) is 1. The SMILES string of the molecule is COc1ccc(C2/C(=C(\O)c3ccc(C)c(C)c3)C(=O)C(=O)N2c2nc3cc(C)c(C)cc3[nH]2)cc1. The zero-order chi connectivity index (χ0) is 25.7. The normalized spacial score (nSPS) is 17.2. The van der Waals surface area contributed by atoms with Gasteiger partial charge >= 0.3 is 5.91 Å². The molecule has 1 aliphatic heterocycles. The summed E-state index contributed by atoms with van der Waals surface area (Å²) in [7, 11) is 1.57. The van der Waals surface area contributed by atoms with Crippen molar-refractivity contribution < 1.29 is 19.4 Å². The highest BCUT2D eigenvalue weighted by Gasteiger charge is 2.48. The molecule has 1 aliphatic rings. The molecule has 0 bridgehead atoms. The molecule has 0 saturated carbocycles. The van der Waals surface area contributed by atoms with Crippen LogP contribution in [0, 0.1) is 27.7 Å². The van der Waals surface area contributed by atoms with E-state index in [1.807, 2.05) is 52.0 Å². The number of rotatable bonds is 4. The largest absolute Gasteiger partial charge is 0.507 e. The van der Waals surface area contributed by atoms with Gasteiger partial charge in [0, 0.05) is 5.56 Å². The van der Waals surface area contributed by atoms with Gasteiger partial charge in [-0.2, -0.15) is 0 Å². The van der Waals surface area contributed by atoms with Crippen molar-refractivity contribution in [3.05, 3.63) is 93.6 Å². The summed E-state index contributed by atoms with van der Waals surface area (Å²) in [4.78, 5) is 36.0. The molecule has 0 radical (unpaired) electrons. The Morgan fingerprint density at radius 3 is 2.25 bits per heavy atom. The van der Waals surface area contributed by atoms with E-state index in [9.17, 15) is 14.7 Å². The molecule has 4 aromatic rings. The summed E-state index contributed by atoms with van der Waals surface area (Å²) in [5.74, 6) is -0.854. The van der Waals surface area contributed by atoms with Crippen LogP contribution < -0.4 is 9.64 Å². The quantitative estimate of drug-likeness (QED) is 0.230. The number of benzene rings is 3. The van der Waals surface area contributed by atoms with Crippen LogP contribution in [0.1, 0.15) is 39.4 Å². The first-order valence-electron chi connectivity index (χ1n) is 11.7. The second-order valence-corrected chi connectivity index (χ2v) is 9.26. The first-order chi connectivity index (χ1) is 17.2. The van der Waals surface area contributed by atoms with E-state index in [4.69, 9.17) is 4.74 Å². The van der Waals surface area contributed by atoms with Crippen molar-refractivity contribution in [2.24, 2.45) is 0 Å². The lowest BCUT2D eigenvalue weighted by atomic mass is 9.94. The van der Waals surface area contributed by atoms with Gasteiger partial charge in [-0.25, -0.2) is 4.98 Å². The molecule has 7 nitrogen and oxygen atoms in total.